The third kappa shape index (κ3) is 2.46. The van der Waals surface area contributed by atoms with Crippen LogP contribution in [0.2, 0.25) is 0 Å². The molecule has 84 valence electrons. The Bertz CT molecular complexity index is 304. The number of methoxy groups -OCH3 is 1. The molecule has 0 N–H and O–H groups in total. The number of ketones is 1. The van der Waals surface area contributed by atoms with Crippen LogP contribution in [0.5, 0.6) is 0 Å². The maximum absolute atomic E-state index is 11.7. The summed E-state index contributed by atoms with van der Waals surface area (Å²) in [6.45, 7) is 5.77. The van der Waals surface area contributed by atoms with Gasteiger partial charge in [-0.2, -0.15) is 0 Å². The third-order valence-electron chi connectivity index (χ3n) is 3.26. The number of hydrogen-bond acceptors (Lipinski definition) is 3. The van der Waals surface area contributed by atoms with Gasteiger partial charge < -0.3 is 4.74 Å². The monoisotopic (exact) mass is 210 g/mol. The van der Waals surface area contributed by atoms with Crippen LogP contribution in [0.4, 0.5) is 0 Å². The Labute approximate surface area is 90.5 Å². The van der Waals surface area contributed by atoms with Gasteiger partial charge in [0.25, 0.3) is 0 Å². The number of carbonyl (C=O) groups excluding carboxylic acids is 2. The van der Waals surface area contributed by atoms with Crippen molar-refractivity contribution in [3.8, 4) is 0 Å². The molecular formula is C12H18O3. The number of allylic oxidation sites excluding steroid dienone is 2. The zero-order valence-electron chi connectivity index (χ0n) is 9.74. The summed E-state index contributed by atoms with van der Waals surface area (Å²) in [6.07, 6.45) is 2.28. The van der Waals surface area contributed by atoms with Gasteiger partial charge in [0.05, 0.1) is 7.11 Å². The summed E-state index contributed by atoms with van der Waals surface area (Å²) < 4.78 is 4.64. The maximum Gasteiger partial charge on any atom is 0.305 e. The van der Waals surface area contributed by atoms with Gasteiger partial charge in [0, 0.05) is 12.3 Å². The topological polar surface area (TPSA) is 43.4 Å². The quantitative estimate of drug-likeness (QED) is 0.654. The molecule has 0 fully saturated rings. The molecule has 15 heavy (non-hydrogen) atoms. The molecule has 3 nitrogen and oxygen atoms in total. The van der Waals surface area contributed by atoms with Crippen molar-refractivity contribution in [2.24, 2.45) is 17.8 Å². The van der Waals surface area contributed by atoms with E-state index < -0.39 is 0 Å². The second-order valence-electron chi connectivity index (χ2n) is 4.31. The molecule has 0 aromatic carbocycles. The maximum atomic E-state index is 11.7. The van der Waals surface area contributed by atoms with E-state index in [4.69, 9.17) is 0 Å². The van der Waals surface area contributed by atoms with Gasteiger partial charge in [0.2, 0.25) is 0 Å². The van der Waals surface area contributed by atoms with Crippen LogP contribution in [0.1, 0.15) is 27.2 Å². The number of hydrogen-bond donors (Lipinski definition) is 0. The lowest BCUT2D eigenvalue weighted by molar-refractivity contribution is -0.143. The fourth-order valence-corrected chi connectivity index (χ4v) is 2.25. The van der Waals surface area contributed by atoms with Gasteiger partial charge in [-0.05, 0) is 24.3 Å². The Morgan fingerprint density at radius 3 is 2.60 bits per heavy atom. The van der Waals surface area contributed by atoms with E-state index in [-0.39, 0.29) is 29.5 Å². The van der Waals surface area contributed by atoms with E-state index in [1.807, 2.05) is 26.8 Å². The van der Waals surface area contributed by atoms with Gasteiger partial charge in [-0.1, -0.05) is 19.9 Å². The molecule has 0 saturated carbocycles. The first-order chi connectivity index (χ1) is 6.97. The lowest BCUT2D eigenvalue weighted by atomic mass is 9.73. The van der Waals surface area contributed by atoms with Gasteiger partial charge in [-0.25, -0.2) is 0 Å². The summed E-state index contributed by atoms with van der Waals surface area (Å²) in [5.74, 6) is 0.177. The molecule has 0 amide bonds. The normalized spacial score (nSPS) is 31.1. The molecule has 1 aliphatic rings. The van der Waals surface area contributed by atoms with Crippen molar-refractivity contribution in [3.05, 3.63) is 11.6 Å². The largest absolute Gasteiger partial charge is 0.469 e. The average molecular weight is 210 g/mol. The summed E-state index contributed by atoms with van der Waals surface area (Å²) >= 11 is 0. The summed E-state index contributed by atoms with van der Waals surface area (Å²) in [5, 5.41) is 0. The van der Waals surface area contributed by atoms with Crippen LogP contribution in [0, 0.1) is 17.8 Å². The van der Waals surface area contributed by atoms with Gasteiger partial charge in [-0.3, -0.25) is 9.59 Å². The minimum absolute atomic E-state index is 0.0775. The van der Waals surface area contributed by atoms with Crippen LogP contribution < -0.4 is 0 Å². The van der Waals surface area contributed by atoms with Crippen molar-refractivity contribution < 1.29 is 14.3 Å². The van der Waals surface area contributed by atoms with Gasteiger partial charge >= 0.3 is 5.97 Å². The first-order valence-corrected chi connectivity index (χ1v) is 5.26. The highest BCUT2D eigenvalue weighted by Crippen LogP contribution is 2.33. The number of rotatable bonds is 2. The molecule has 3 atom stereocenters. The minimum atomic E-state index is -0.237. The SMILES string of the molecule is COC(=O)CC1C(C)C=C(C)C(=O)C1C. The van der Waals surface area contributed by atoms with Crippen molar-refractivity contribution in [3.63, 3.8) is 0 Å². The van der Waals surface area contributed by atoms with Crippen LogP contribution >= 0.6 is 0 Å². The number of carbonyl (C=O) groups is 2. The fourth-order valence-electron chi connectivity index (χ4n) is 2.25. The average Bonchev–Trinajstić information content (AvgIpc) is 2.21. The standard InChI is InChI=1S/C12H18O3/c1-7-5-8(2)12(14)9(3)10(7)6-11(13)15-4/h5,7,9-10H,6H2,1-4H3. The second kappa shape index (κ2) is 4.60. The molecule has 0 bridgehead atoms. The van der Waals surface area contributed by atoms with Crippen LogP contribution in [0.25, 0.3) is 0 Å². The predicted molar refractivity (Wildman–Crippen MR) is 57.2 cm³/mol. The second-order valence-corrected chi connectivity index (χ2v) is 4.31. The molecule has 3 unspecified atom stereocenters. The molecule has 1 rings (SSSR count). The first kappa shape index (κ1) is 12.0. The number of Topliss-reactive ketones (excluding diaryl/α,β-unsaturated/α-hetero) is 1. The van der Waals surface area contributed by atoms with Crippen molar-refractivity contribution >= 4 is 11.8 Å². The van der Waals surface area contributed by atoms with Crippen LogP contribution in [0.15, 0.2) is 11.6 Å². The smallest absolute Gasteiger partial charge is 0.305 e. The van der Waals surface area contributed by atoms with Gasteiger partial charge in [-0.15, -0.1) is 0 Å². The van der Waals surface area contributed by atoms with E-state index in [1.54, 1.807) is 0 Å². The molecule has 3 heteroatoms. The van der Waals surface area contributed by atoms with E-state index >= 15 is 0 Å². The lowest BCUT2D eigenvalue weighted by Gasteiger charge is -2.30. The van der Waals surface area contributed by atoms with E-state index in [9.17, 15) is 9.59 Å². The van der Waals surface area contributed by atoms with Crippen molar-refractivity contribution in [2.45, 2.75) is 27.2 Å². The molecule has 0 heterocycles. The van der Waals surface area contributed by atoms with Crippen molar-refractivity contribution in [1.82, 2.24) is 0 Å². The van der Waals surface area contributed by atoms with Crippen LogP contribution in [-0.4, -0.2) is 18.9 Å². The van der Waals surface area contributed by atoms with Gasteiger partial charge in [0.1, 0.15) is 0 Å². The Balaban J connectivity index is 2.81. The van der Waals surface area contributed by atoms with Crippen LogP contribution in [0.3, 0.4) is 0 Å². The molecule has 0 aliphatic heterocycles. The fraction of sp³-hybridized carbons (Fsp3) is 0.667. The minimum Gasteiger partial charge on any atom is -0.469 e. The Hall–Kier alpha value is -1.12. The number of ether oxygens (including phenoxy) is 1. The highest BCUT2D eigenvalue weighted by atomic mass is 16.5. The molecule has 0 aromatic rings. The summed E-state index contributed by atoms with van der Waals surface area (Å²) in [5.41, 5.74) is 0.816. The summed E-state index contributed by atoms with van der Waals surface area (Å²) in [7, 11) is 1.38. The predicted octanol–water partition coefficient (Wildman–Crippen LogP) is 1.97. The lowest BCUT2D eigenvalue weighted by Crippen LogP contribution is -2.32. The molecule has 0 aromatic heterocycles. The number of esters is 1. The van der Waals surface area contributed by atoms with E-state index in [0.717, 1.165) is 5.57 Å². The molecule has 0 spiro atoms. The van der Waals surface area contributed by atoms with Crippen molar-refractivity contribution in [1.29, 1.82) is 0 Å². The van der Waals surface area contributed by atoms with E-state index in [2.05, 4.69) is 4.74 Å². The Kier molecular flexibility index (Phi) is 3.66. The highest BCUT2D eigenvalue weighted by Gasteiger charge is 2.34. The third-order valence-corrected chi connectivity index (χ3v) is 3.26. The summed E-state index contributed by atoms with van der Waals surface area (Å²) in [6, 6.07) is 0. The molecule has 1 aliphatic carbocycles. The molecule has 0 radical (unpaired) electrons. The zero-order valence-corrected chi connectivity index (χ0v) is 9.74. The van der Waals surface area contributed by atoms with Crippen LogP contribution in [-0.2, 0) is 14.3 Å². The van der Waals surface area contributed by atoms with E-state index in [1.165, 1.54) is 7.11 Å². The van der Waals surface area contributed by atoms with E-state index in [0.29, 0.717) is 6.42 Å². The zero-order chi connectivity index (χ0) is 11.6. The van der Waals surface area contributed by atoms with Crippen molar-refractivity contribution in [2.75, 3.05) is 7.11 Å². The first-order valence-electron chi connectivity index (χ1n) is 5.26. The molecule has 0 saturated heterocycles. The van der Waals surface area contributed by atoms with Gasteiger partial charge in [0.15, 0.2) is 5.78 Å². The molecular weight excluding hydrogens is 192 g/mol. The Morgan fingerprint density at radius 2 is 2.07 bits per heavy atom. The Morgan fingerprint density at radius 1 is 1.47 bits per heavy atom. The highest BCUT2D eigenvalue weighted by molar-refractivity contribution is 5.97. The summed E-state index contributed by atoms with van der Waals surface area (Å²) in [4.78, 5) is 22.9.